The first-order valence-electron chi connectivity index (χ1n) is 14.2. The standard InChI is InChI=1S/C36H26N2O5/c1-42-28-17-9-5-13-24(28)32(39)31-30(33(40)29-20-22-11-3-8-16-27(22)43-29)36(25-14-6-7-15-26(25)37-35(36)41)34-23-12-4-2-10-21(23)18-19-38(31)34/h2-20,30-31,34H,1H3,(H,37,41). The van der Waals surface area contributed by atoms with Crippen LogP contribution < -0.4 is 10.1 Å². The molecule has 4 heterocycles. The van der Waals surface area contributed by atoms with Crippen LogP contribution in [0.25, 0.3) is 17.0 Å². The Morgan fingerprint density at radius 1 is 0.884 bits per heavy atom. The summed E-state index contributed by atoms with van der Waals surface area (Å²) in [7, 11) is 1.51. The highest BCUT2D eigenvalue weighted by Gasteiger charge is 2.71. The van der Waals surface area contributed by atoms with E-state index in [1.165, 1.54) is 7.11 Å². The third-order valence-electron chi connectivity index (χ3n) is 9.16. The lowest BCUT2D eigenvalue weighted by molar-refractivity contribution is -0.122. The Kier molecular flexibility index (Phi) is 5.46. The molecule has 1 spiro atoms. The van der Waals surface area contributed by atoms with Crippen molar-refractivity contribution in [2.24, 2.45) is 5.92 Å². The monoisotopic (exact) mass is 566 g/mol. The zero-order valence-electron chi connectivity index (χ0n) is 23.2. The molecule has 1 amide bonds. The molecule has 7 heteroatoms. The molecule has 4 atom stereocenters. The second-order valence-electron chi connectivity index (χ2n) is 11.2. The first-order valence-corrected chi connectivity index (χ1v) is 14.2. The zero-order chi connectivity index (χ0) is 29.3. The van der Waals surface area contributed by atoms with Crippen LogP contribution in [-0.4, -0.2) is 35.5 Å². The number of para-hydroxylation sites is 3. The van der Waals surface area contributed by atoms with Gasteiger partial charge in [0, 0.05) is 17.3 Å². The van der Waals surface area contributed by atoms with Gasteiger partial charge in [0.15, 0.2) is 11.5 Å². The quantitative estimate of drug-likeness (QED) is 0.247. The maximum atomic E-state index is 15.0. The van der Waals surface area contributed by atoms with Gasteiger partial charge < -0.3 is 19.4 Å². The number of Topliss-reactive ketones (excluding diaryl/α,β-unsaturated/α-hetero) is 2. The van der Waals surface area contributed by atoms with Gasteiger partial charge in [-0.1, -0.05) is 72.8 Å². The first kappa shape index (κ1) is 25.3. The van der Waals surface area contributed by atoms with Gasteiger partial charge in [-0.15, -0.1) is 0 Å². The van der Waals surface area contributed by atoms with Crippen LogP contribution in [0.4, 0.5) is 5.69 Å². The fourth-order valence-electron chi connectivity index (χ4n) is 7.43. The van der Waals surface area contributed by atoms with Crippen molar-refractivity contribution in [3.05, 3.63) is 137 Å². The van der Waals surface area contributed by atoms with Gasteiger partial charge in [0.1, 0.15) is 22.8 Å². The number of benzene rings is 4. The summed E-state index contributed by atoms with van der Waals surface area (Å²) in [6.45, 7) is 0. The smallest absolute Gasteiger partial charge is 0.238 e. The molecular formula is C36H26N2O5. The Morgan fingerprint density at radius 3 is 2.49 bits per heavy atom. The van der Waals surface area contributed by atoms with E-state index in [-0.39, 0.29) is 17.5 Å². The van der Waals surface area contributed by atoms with Gasteiger partial charge in [-0.2, -0.15) is 0 Å². The lowest BCUT2D eigenvalue weighted by Gasteiger charge is -2.38. The highest BCUT2D eigenvalue weighted by Crippen LogP contribution is 2.62. The molecule has 4 unspecified atom stereocenters. The van der Waals surface area contributed by atoms with Crippen molar-refractivity contribution in [1.82, 2.24) is 4.90 Å². The van der Waals surface area contributed by atoms with E-state index in [9.17, 15) is 14.4 Å². The van der Waals surface area contributed by atoms with E-state index in [0.29, 0.717) is 28.1 Å². The zero-order valence-corrected chi connectivity index (χ0v) is 23.2. The summed E-state index contributed by atoms with van der Waals surface area (Å²) in [6, 6.07) is 29.7. The molecule has 43 heavy (non-hydrogen) atoms. The Morgan fingerprint density at radius 2 is 1.63 bits per heavy atom. The molecular weight excluding hydrogens is 540 g/mol. The number of ether oxygens (including phenoxy) is 1. The normalized spacial score (nSPS) is 23.1. The van der Waals surface area contributed by atoms with Gasteiger partial charge in [-0.25, -0.2) is 0 Å². The minimum absolute atomic E-state index is 0.109. The van der Waals surface area contributed by atoms with E-state index in [4.69, 9.17) is 9.15 Å². The number of ketones is 2. The number of anilines is 1. The van der Waals surface area contributed by atoms with Crippen LogP contribution in [0, 0.1) is 5.92 Å². The van der Waals surface area contributed by atoms with Crippen LogP contribution in [0.1, 0.15) is 43.6 Å². The molecule has 3 aliphatic rings. The highest BCUT2D eigenvalue weighted by molar-refractivity contribution is 6.17. The molecule has 4 aromatic carbocycles. The van der Waals surface area contributed by atoms with Gasteiger partial charge in [0.05, 0.1) is 24.6 Å². The van der Waals surface area contributed by atoms with E-state index in [0.717, 1.165) is 16.5 Å². The Balaban J connectivity index is 1.44. The third-order valence-corrected chi connectivity index (χ3v) is 9.16. The lowest BCUT2D eigenvalue weighted by Crippen LogP contribution is -2.49. The summed E-state index contributed by atoms with van der Waals surface area (Å²) in [4.78, 5) is 46.3. The number of methoxy groups -OCH3 is 1. The first-order chi connectivity index (χ1) is 21.0. The topological polar surface area (TPSA) is 88.9 Å². The summed E-state index contributed by atoms with van der Waals surface area (Å²) >= 11 is 0. The maximum Gasteiger partial charge on any atom is 0.238 e. The summed E-state index contributed by atoms with van der Waals surface area (Å²) in [6.07, 6.45) is 3.79. The van der Waals surface area contributed by atoms with Crippen LogP contribution in [-0.2, 0) is 10.2 Å². The molecule has 0 radical (unpaired) electrons. The van der Waals surface area contributed by atoms with E-state index < -0.39 is 29.2 Å². The molecule has 1 aromatic heterocycles. The fourth-order valence-corrected chi connectivity index (χ4v) is 7.43. The summed E-state index contributed by atoms with van der Waals surface area (Å²) in [5, 5.41) is 3.84. The predicted octanol–water partition coefficient (Wildman–Crippen LogP) is 6.42. The average molecular weight is 567 g/mol. The molecule has 0 saturated carbocycles. The van der Waals surface area contributed by atoms with Crippen molar-refractivity contribution in [1.29, 1.82) is 0 Å². The summed E-state index contributed by atoms with van der Waals surface area (Å²) in [5.74, 6) is -1.66. The molecule has 1 saturated heterocycles. The van der Waals surface area contributed by atoms with Crippen LogP contribution in [0.5, 0.6) is 5.75 Å². The van der Waals surface area contributed by atoms with Gasteiger partial charge >= 0.3 is 0 Å². The number of hydrogen-bond acceptors (Lipinski definition) is 6. The third kappa shape index (κ3) is 3.39. The fraction of sp³-hybridized carbons (Fsp3) is 0.139. The predicted molar refractivity (Wildman–Crippen MR) is 162 cm³/mol. The van der Waals surface area contributed by atoms with Crippen molar-refractivity contribution < 1.29 is 23.5 Å². The Hall–Kier alpha value is -5.43. The molecule has 7 nitrogen and oxygen atoms in total. The van der Waals surface area contributed by atoms with Crippen LogP contribution in [0.3, 0.4) is 0 Å². The second-order valence-corrected chi connectivity index (χ2v) is 11.2. The molecule has 1 N–H and O–H groups in total. The number of nitrogens with one attached hydrogen (secondary N) is 1. The molecule has 0 aliphatic carbocycles. The number of fused-ring (bicyclic) bond motifs is 7. The van der Waals surface area contributed by atoms with Crippen molar-refractivity contribution in [2.45, 2.75) is 17.5 Å². The number of furan rings is 1. The minimum atomic E-state index is -1.43. The van der Waals surface area contributed by atoms with Crippen molar-refractivity contribution >= 4 is 40.2 Å². The highest BCUT2D eigenvalue weighted by atomic mass is 16.5. The van der Waals surface area contributed by atoms with Crippen LogP contribution >= 0.6 is 0 Å². The summed E-state index contributed by atoms with van der Waals surface area (Å²) in [5.41, 5.74) is 2.58. The average Bonchev–Trinajstić information content (AvgIpc) is 3.71. The molecule has 5 aromatic rings. The molecule has 210 valence electrons. The van der Waals surface area contributed by atoms with Gasteiger partial charge in [0.2, 0.25) is 11.7 Å². The second kappa shape index (κ2) is 9.29. The minimum Gasteiger partial charge on any atom is -0.496 e. The SMILES string of the molecule is COc1ccccc1C(=O)C1C(C(=O)c2cc3ccccc3o2)C2(C(=O)Nc3ccccc32)C2c3ccccc3C=CN12. The number of amides is 1. The van der Waals surface area contributed by atoms with E-state index in [1.54, 1.807) is 36.4 Å². The van der Waals surface area contributed by atoms with Crippen molar-refractivity contribution in [3.8, 4) is 5.75 Å². The number of carbonyl (C=O) groups excluding carboxylic acids is 3. The Bertz CT molecular complexity index is 1970. The van der Waals surface area contributed by atoms with Gasteiger partial charge in [-0.3, -0.25) is 14.4 Å². The summed E-state index contributed by atoms with van der Waals surface area (Å²) < 4.78 is 11.7. The van der Waals surface area contributed by atoms with Gasteiger partial charge in [-0.05, 0) is 53.1 Å². The maximum absolute atomic E-state index is 15.0. The van der Waals surface area contributed by atoms with Gasteiger partial charge in [0.25, 0.3) is 0 Å². The molecule has 3 aliphatic heterocycles. The van der Waals surface area contributed by atoms with E-state index in [1.807, 2.05) is 83.9 Å². The lowest BCUT2D eigenvalue weighted by atomic mass is 9.63. The van der Waals surface area contributed by atoms with E-state index >= 15 is 0 Å². The van der Waals surface area contributed by atoms with Crippen LogP contribution in [0.2, 0.25) is 0 Å². The van der Waals surface area contributed by atoms with E-state index in [2.05, 4.69) is 5.32 Å². The molecule has 8 rings (SSSR count). The largest absolute Gasteiger partial charge is 0.496 e. The van der Waals surface area contributed by atoms with Crippen LogP contribution in [0.15, 0.2) is 114 Å². The van der Waals surface area contributed by atoms with Crippen molar-refractivity contribution in [2.75, 3.05) is 12.4 Å². The number of hydrogen-bond donors (Lipinski definition) is 1. The van der Waals surface area contributed by atoms with Crippen molar-refractivity contribution in [3.63, 3.8) is 0 Å². The molecule has 1 fully saturated rings. The molecule has 0 bridgehead atoms. The number of nitrogens with zero attached hydrogens (tertiary/aromatic N) is 1. The Labute approximate surface area is 247 Å². The number of rotatable bonds is 5. The number of carbonyl (C=O) groups is 3.